The normalized spacial score (nSPS) is 22.2. The van der Waals surface area contributed by atoms with Gasteiger partial charge < -0.3 is 9.26 Å². The first-order valence-corrected chi connectivity index (χ1v) is 10.3. The highest BCUT2D eigenvalue weighted by Gasteiger charge is 2.24. The third-order valence-corrected chi connectivity index (χ3v) is 5.90. The fraction of sp³-hybridized carbons (Fsp3) is 0.591. The zero-order valence-corrected chi connectivity index (χ0v) is 16.4. The molecule has 0 bridgehead atoms. The average molecular weight is 370 g/mol. The van der Waals surface area contributed by atoms with Crippen molar-refractivity contribution in [1.82, 2.24) is 15.0 Å². The summed E-state index contributed by atoms with van der Waals surface area (Å²) in [4.78, 5) is 5.14. The Morgan fingerprint density at radius 3 is 2.70 bits per heavy atom. The summed E-state index contributed by atoms with van der Waals surface area (Å²) in [6.07, 6.45) is 5.16. The highest BCUT2D eigenvalue weighted by Crippen LogP contribution is 2.25. The predicted molar refractivity (Wildman–Crippen MR) is 107 cm³/mol. The van der Waals surface area contributed by atoms with Crippen molar-refractivity contribution < 1.29 is 9.26 Å². The first-order valence-electron chi connectivity index (χ1n) is 10.3. The molecule has 4 rings (SSSR count). The Bertz CT molecular complexity index is 707. The lowest BCUT2D eigenvalue weighted by molar-refractivity contribution is 0.0296. The number of hydrogen-bond donors (Lipinski definition) is 0. The SMILES string of the molecule is Cc1ccc(-c2cc(CN3CCCC[C@H]3CCN3CCOCC3)on2)cc1. The van der Waals surface area contributed by atoms with Crippen molar-refractivity contribution in [3.63, 3.8) is 0 Å². The standard InChI is InChI=1S/C22H31N3O2/c1-18-5-7-19(8-6-18)22-16-21(27-23-22)17-25-10-3-2-4-20(25)9-11-24-12-14-26-15-13-24/h5-8,16,20H,2-4,9-15,17H2,1H3/t20-/m0/s1. The maximum Gasteiger partial charge on any atom is 0.151 e. The summed E-state index contributed by atoms with van der Waals surface area (Å²) in [6.45, 7) is 9.23. The molecule has 5 nitrogen and oxygen atoms in total. The summed E-state index contributed by atoms with van der Waals surface area (Å²) in [6, 6.07) is 11.2. The maximum absolute atomic E-state index is 5.68. The molecule has 0 saturated carbocycles. The topological polar surface area (TPSA) is 41.7 Å². The van der Waals surface area contributed by atoms with E-state index < -0.39 is 0 Å². The number of nitrogens with zero attached hydrogens (tertiary/aromatic N) is 3. The van der Waals surface area contributed by atoms with Crippen LogP contribution in [0.5, 0.6) is 0 Å². The first kappa shape index (κ1) is 18.7. The molecule has 2 aliphatic heterocycles. The summed E-state index contributed by atoms with van der Waals surface area (Å²) in [5.74, 6) is 0.976. The van der Waals surface area contributed by atoms with Gasteiger partial charge in [-0.15, -0.1) is 0 Å². The molecule has 2 aromatic rings. The minimum Gasteiger partial charge on any atom is -0.379 e. The zero-order chi connectivity index (χ0) is 18.5. The number of aryl methyl sites for hydroxylation is 1. The molecule has 0 radical (unpaired) electrons. The van der Waals surface area contributed by atoms with Crippen LogP contribution in [0.1, 0.15) is 37.0 Å². The molecule has 1 aromatic heterocycles. The molecule has 0 N–H and O–H groups in total. The summed E-state index contributed by atoms with van der Waals surface area (Å²) < 4.78 is 11.1. The Kier molecular flexibility index (Phi) is 6.22. The van der Waals surface area contributed by atoms with Crippen molar-refractivity contribution in [3.05, 3.63) is 41.7 Å². The van der Waals surface area contributed by atoms with E-state index in [2.05, 4.69) is 52.2 Å². The van der Waals surface area contributed by atoms with E-state index in [4.69, 9.17) is 9.26 Å². The molecule has 2 saturated heterocycles. The molecule has 5 heteroatoms. The minimum absolute atomic E-state index is 0.648. The molecule has 1 aromatic carbocycles. The van der Waals surface area contributed by atoms with Crippen LogP contribution in [0.2, 0.25) is 0 Å². The number of hydrogen-bond acceptors (Lipinski definition) is 5. The van der Waals surface area contributed by atoms with E-state index >= 15 is 0 Å². The van der Waals surface area contributed by atoms with Gasteiger partial charge in [-0.05, 0) is 39.3 Å². The first-order chi connectivity index (χ1) is 13.3. The van der Waals surface area contributed by atoms with Gasteiger partial charge in [0.2, 0.25) is 0 Å². The Balaban J connectivity index is 1.35. The molecule has 1 atom stereocenters. The Hall–Kier alpha value is -1.69. The van der Waals surface area contributed by atoms with Crippen LogP contribution in [0.25, 0.3) is 11.3 Å². The van der Waals surface area contributed by atoms with Crippen molar-refractivity contribution >= 4 is 0 Å². The highest BCUT2D eigenvalue weighted by molar-refractivity contribution is 5.59. The van der Waals surface area contributed by atoms with E-state index in [9.17, 15) is 0 Å². The second-order valence-electron chi connectivity index (χ2n) is 7.91. The van der Waals surface area contributed by atoms with Crippen LogP contribution in [-0.4, -0.2) is 60.4 Å². The van der Waals surface area contributed by atoms with Crippen LogP contribution < -0.4 is 0 Å². The van der Waals surface area contributed by atoms with Crippen molar-refractivity contribution in [2.45, 2.75) is 45.2 Å². The lowest BCUT2D eigenvalue weighted by Crippen LogP contribution is -2.43. The van der Waals surface area contributed by atoms with Crippen LogP contribution in [0.4, 0.5) is 0 Å². The number of aromatic nitrogens is 1. The van der Waals surface area contributed by atoms with Gasteiger partial charge in [0, 0.05) is 30.8 Å². The molecule has 0 amide bonds. The van der Waals surface area contributed by atoms with E-state index in [1.165, 1.54) is 37.8 Å². The average Bonchev–Trinajstić information content (AvgIpc) is 3.17. The molecular formula is C22H31N3O2. The molecular weight excluding hydrogens is 338 g/mol. The van der Waals surface area contributed by atoms with Crippen LogP contribution >= 0.6 is 0 Å². The largest absolute Gasteiger partial charge is 0.379 e. The quantitative estimate of drug-likeness (QED) is 0.776. The molecule has 146 valence electrons. The Morgan fingerprint density at radius 1 is 1.07 bits per heavy atom. The van der Waals surface area contributed by atoms with Gasteiger partial charge in [0.05, 0.1) is 19.8 Å². The van der Waals surface area contributed by atoms with E-state index in [0.29, 0.717) is 6.04 Å². The Morgan fingerprint density at radius 2 is 1.89 bits per heavy atom. The summed E-state index contributed by atoms with van der Waals surface area (Å²) in [7, 11) is 0. The van der Waals surface area contributed by atoms with Crippen LogP contribution in [0.3, 0.4) is 0 Å². The van der Waals surface area contributed by atoms with E-state index in [0.717, 1.165) is 56.4 Å². The number of morpholine rings is 1. The van der Waals surface area contributed by atoms with Crippen molar-refractivity contribution in [2.24, 2.45) is 0 Å². The monoisotopic (exact) mass is 369 g/mol. The predicted octanol–water partition coefficient (Wildman–Crippen LogP) is 3.73. The number of benzene rings is 1. The number of likely N-dealkylation sites (tertiary alicyclic amines) is 1. The number of piperidine rings is 1. The lowest BCUT2D eigenvalue weighted by Gasteiger charge is -2.37. The minimum atomic E-state index is 0.648. The molecule has 0 aliphatic carbocycles. The number of ether oxygens (including phenoxy) is 1. The van der Waals surface area contributed by atoms with Crippen LogP contribution in [0.15, 0.2) is 34.9 Å². The van der Waals surface area contributed by atoms with Gasteiger partial charge in [-0.1, -0.05) is 41.4 Å². The molecule has 2 aliphatic rings. The van der Waals surface area contributed by atoms with Gasteiger partial charge in [-0.2, -0.15) is 0 Å². The summed E-state index contributed by atoms with van der Waals surface area (Å²) in [5.41, 5.74) is 3.32. The third kappa shape index (κ3) is 4.98. The fourth-order valence-electron chi connectivity index (χ4n) is 4.20. The molecule has 0 unspecified atom stereocenters. The lowest BCUT2D eigenvalue weighted by atomic mass is 9.98. The van der Waals surface area contributed by atoms with Crippen molar-refractivity contribution in [1.29, 1.82) is 0 Å². The molecule has 0 spiro atoms. The summed E-state index contributed by atoms with van der Waals surface area (Å²) in [5, 5.41) is 4.30. The van der Waals surface area contributed by atoms with Gasteiger partial charge >= 0.3 is 0 Å². The van der Waals surface area contributed by atoms with Gasteiger partial charge in [-0.25, -0.2) is 0 Å². The van der Waals surface area contributed by atoms with Crippen molar-refractivity contribution in [2.75, 3.05) is 39.4 Å². The van der Waals surface area contributed by atoms with E-state index in [1.807, 2.05) is 0 Å². The molecule has 3 heterocycles. The van der Waals surface area contributed by atoms with E-state index in [1.54, 1.807) is 0 Å². The van der Waals surface area contributed by atoms with Gasteiger partial charge in [0.15, 0.2) is 5.76 Å². The van der Waals surface area contributed by atoms with Crippen LogP contribution in [-0.2, 0) is 11.3 Å². The third-order valence-electron chi connectivity index (χ3n) is 5.90. The summed E-state index contributed by atoms with van der Waals surface area (Å²) >= 11 is 0. The van der Waals surface area contributed by atoms with Crippen molar-refractivity contribution in [3.8, 4) is 11.3 Å². The zero-order valence-electron chi connectivity index (χ0n) is 16.4. The fourth-order valence-corrected chi connectivity index (χ4v) is 4.20. The van der Waals surface area contributed by atoms with Gasteiger partial charge in [-0.3, -0.25) is 9.80 Å². The molecule has 2 fully saturated rings. The maximum atomic E-state index is 5.68. The highest BCUT2D eigenvalue weighted by atomic mass is 16.5. The van der Waals surface area contributed by atoms with E-state index in [-0.39, 0.29) is 0 Å². The van der Waals surface area contributed by atoms with Gasteiger partial charge in [0.25, 0.3) is 0 Å². The second kappa shape index (κ2) is 9.00. The van der Waals surface area contributed by atoms with Gasteiger partial charge in [0.1, 0.15) is 5.69 Å². The second-order valence-corrected chi connectivity index (χ2v) is 7.91. The number of rotatable bonds is 6. The smallest absolute Gasteiger partial charge is 0.151 e. The van der Waals surface area contributed by atoms with Crippen LogP contribution in [0, 0.1) is 6.92 Å². The molecule has 27 heavy (non-hydrogen) atoms. The Labute approximate surface area is 162 Å².